The first-order valence-corrected chi connectivity index (χ1v) is 10.5. The van der Waals surface area contributed by atoms with Gasteiger partial charge in [-0.2, -0.15) is 4.98 Å². The minimum atomic E-state index is 0.398. The van der Waals surface area contributed by atoms with Crippen molar-refractivity contribution in [3.05, 3.63) is 23.9 Å². The van der Waals surface area contributed by atoms with Crippen molar-refractivity contribution >= 4 is 17.7 Å². The smallest absolute Gasteiger partial charge is 0.226 e. The second-order valence-electron chi connectivity index (χ2n) is 6.97. The summed E-state index contributed by atoms with van der Waals surface area (Å²) in [6, 6.07) is 0.398. The summed E-state index contributed by atoms with van der Waals surface area (Å²) in [6.45, 7) is 10.5. The molecule has 4 rings (SSSR count). The first-order chi connectivity index (χ1) is 12.8. The maximum absolute atomic E-state index is 5.42. The van der Waals surface area contributed by atoms with Gasteiger partial charge in [-0.25, -0.2) is 4.68 Å². The van der Waals surface area contributed by atoms with Gasteiger partial charge in [-0.1, -0.05) is 17.8 Å². The Morgan fingerprint density at radius 3 is 3.12 bits per heavy atom. The van der Waals surface area contributed by atoms with E-state index in [0.717, 1.165) is 69.2 Å². The van der Waals surface area contributed by atoms with Gasteiger partial charge in [-0.05, 0) is 24.8 Å². The van der Waals surface area contributed by atoms with Gasteiger partial charge in [0.25, 0.3) is 0 Å². The Labute approximate surface area is 159 Å². The number of rotatable bonds is 7. The number of thioether (sulfide) groups is 1. The molecule has 1 aromatic heterocycles. The van der Waals surface area contributed by atoms with Gasteiger partial charge in [-0.15, -0.1) is 11.7 Å². The van der Waals surface area contributed by atoms with Crippen LogP contribution in [0, 0.1) is 0 Å². The molecule has 142 valence electrons. The molecule has 2 N–H and O–H groups in total. The van der Waals surface area contributed by atoms with E-state index in [0.29, 0.717) is 6.04 Å². The van der Waals surface area contributed by atoms with E-state index in [2.05, 4.69) is 32.2 Å². The SMILES string of the molecule is C=CCSc1nc2n(n1)CC1=C(N2)C(NCCN2CCOCC2)CCC1. The summed E-state index contributed by atoms with van der Waals surface area (Å²) in [5.41, 5.74) is 2.80. The van der Waals surface area contributed by atoms with E-state index in [-0.39, 0.29) is 0 Å². The van der Waals surface area contributed by atoms with E-state index in [1.807, 2.05) is 10.8 Å². The van der Waals surface area contributed by atoms with Crippen LogP contribution in [0.25, 0.3) is 0 Å². The highest BCUT2D eigenvalue weighted by Crippen LogP contribution is 2.32. The fraction of sp³-hybridized carbons (Fsp3) is 0.667. The average Bonchev–Trinajstić information content (AvgIpc) is 3.07. The van der Waals surface area contributed by atoms with Crippen molar-refractivity contribution in [2.24, 2.45) is 0 Å². The largest absolute Gasteiger partial charge is 0.379 e. The molecule has 7 nitrogen and oxygen atoms in total. The Bertz CT molecular complexity index is 667. The van der Waals surface area contributed by atoms with Crippen LogP contribution in [0.1, 0.15) is 19.3 Å². The summed E-state index contributed by atoms with van der Waals surface area (Å²) >= 11 is 1.63. The van der Waals surface area contributed by atoms with Gasteiger partial charge >= 0.3 is 0 Å². The third-order valence-electron chi connectivity index (χ3n) is 5.19. The van der Waals surface area contributed by atoms with Crippen LogP contribution < -0.4 is 10.6 Å². The van der Waals surface area contributed by atoms with Gasteiger partial charge in [0.15, 0.2) is 0 Å². The van der Waals surface area contributed by atoms with E-state index in [9.17, 15) is 0 Å². The zero-order valence-electron chi connectivity index (χ0n) is 15.2. The van der Waals surface area contributed by atoms with Crippen LogP contribution in [0.2, 0.25) is 0 Å². The molecule has 1 aromatic rings. The first-order valence-electron chi connectivity index (χ1n) is 9.54. The van der Waals surface area contributed by atoms with Crippen molar-refractivity contribution in [3.8, 4) is 0 Å². The van der Waals surface area contributed by atoms with Crippen LogP contribution in [-0.2, 0) is 11.3 Å². The highest BCUT2D eigenvalue weighted by molar-refractivity contribution is 7.99. The van der Waals surface area contributed by atoms with Crippen LogP contribution in [-0.4, -0.2) is 70.9 Å². The molecular weight excluding hydrogens is 348 g/mol. The quantitative estimate of drug-likeness (QED) is 0.555. The lowest BCUT2D eigenvalue weighted by molar-refractivity contribution is 0.0382. The molecule has 0 saturated carbocycles. The maximum Gasteiger partial charge on any atom is 0.226 e. The normalized spacial score (nSPS) is 23.3. The van der Waals surface area contributed by atoms with Gasteiger partial charge in [0.2, 0.25) is 11.1 Å². The average molecular weight is 377 g/mol. The molecule has 1 saturated heterocycles. The Balaban J connectivity index is 1.36. The van der Waals surface area contributed by atoms with Crippen LogP contribution in [0.4, 0.5) is 5.95 Å². The van der Waals surface area contributed by atoms with E-state index < -0.39 is 0 Å². The van der Waals surface area contributed by atoms with E-state index >= 15 is 0 Å². The van der Waals surface area contributed by atoms with Gasteiger partial charge < -0.3 is 15.4 Å². The van der Waals surface area contributed by atoms with E-state index in [1.54, 1.807) is 11.8 Å². The Morgan fingerprint density at radius 1 is 1.38 bits per heavy atom. The fourth-order valence-electron chi connectivity index (χ4n) is 3.83. The molecule has 3 heterocycles. The van der Waals surface area contributed by atoms with Crippen molar-refractivity contribution in [1.82, 2.24) is 25.0 Å². The minimum Gasteiger partial charge on any atom is -0.379 e. The molecule has 3 aliphatic rings. The van der Waals surface area contributed by atoms with Crippen molar-refractivity contribution in [2.45, 2.75) is 37.0 Å². The van der Waals surface area contributed by atoms with Gasteiger partial charge in [0.1, 0.15) is 0 Å². The summed E-state index contributed by atoms with van der Waals surface area (Å²) in [6.07, 6.45) is 5.45. The Hall–Kier alpha value is -1.35. The first kappa shape index (κ1) is 18.0. The molecule has 26 heavy (non-hydrogen) atoms. The number of aromatic nitrogens is 3. The van der Waals surface area contributed by atoms with Gasteiger partial charge in [0, 0.05) is 43.7 Å². The molecule has 0 amide bonds. The Morgan fingerprint density at radius 2 is 2.27 bits per heavy atom. The lowest BCUT2D eigenvalue weighted by Crippen LogP contribution is -2.45. The van der Waals surface area contributed by atoms with Crippen LogP contribution >= 0.6 is 11.8 Å². The van der Waals surface area contributed by atoms with Crippen LogP contribution in [0.5, 0.6) is 0 Å². The van der Waals surface area contributed by atoms with Crippen molar-refractivity contribution < 1.29 is 4.74 Å². The number of ether oxygens (including phenoxy) is 1. The predicted molar refractivity (Wildman–Crippen MR) is 104 cm³/mol. The molecular formula is C18H28N6OS. The number of hydrogen-bond acceptors (Lipinski definition) is 7. The molecule has 1 fully saturated rings. The molecule has 1 atom stereocenters. The molecule has 0 bridgehead atoms. The number of fused-ring (bicyclic) bond motifs is 1. The number of anilines is 1. The monoisotopic (exact) mass is 376 g/mol. The highest BCUT2D eigenvalue weighted by Gasteiger charge is 2.29. The Kier molecular flexibility index (Phi) is 5.94. The molecule has 0 spiro atoms. The van der Waals surface area contributed by atoms with Crippen LogP contribution in [0.3, 0.4) is 0 Å². The fourth-order valence-corrected chi connectivity index (χ4v) is 4.40. The molecule has 0 radical (unpaired) electrons. The molecule has 0 aromatic carbocycles. The number of morpholine rings is 1. The second-order valence-corrected chi connectivity index (χ2v) is 7.96. The molecule has 1 aliphatic carbocycles. The van der Waals surface area contributed by atoms with Gasteiger partial charge in [0.05, 0.1) is 19.8 Å². The lowest BCUT2D eigenvalue weighted by Gasteiger charge is -2.34. The molecule has 8 heteroatoms. The van der Waals surface area contributed by atoms with Crippen molar-refractivity contribution in [1.29, 1.82) is 0 Å². The number of nitrogens with one attached hydrogen (secondary N) is 2. The summed E-state index contributed by atoms with van der Waals surface area (Å²) in [5, 5.41) is 12.8. The third kappa shape index (κ3) is 4.14. The lowest BCUT2D eigenvalue weighted by atomic mass is 9.91. The standard InChI is InChI=1S/C18H28N6OS/c1-2-12-26-18-21-17-20-16-14(13-24(17)22-18)4-3-5-15(16)19-6-7-23-8-10-25-11-9-23/h2,15,19H,1,3-13H2,(H,20,21,22). The van der Waals surface area contributed by atoms with E-state index in [1.165, 1.54) is 24.1 Å². The summed E-state index contributed by atoms with van der Waals surface area (Å²) in [5.74, 6) is 1.71. The zero-order valence-corrected chi connectivity index (χ0v) is 16.1. The molecule has 2 aliphatic heterocycles. The van der Waals surface area contributed by atoms with Crippen LogP contribution in [0.15, 0.2) is 29.1 Å². The van der Waals surface area contributed by atoms with E-state index in [4.69, 9.17) is 4.74 Å². The summed E-state index contributed by atoms with van der Waals surface area (Å²) in [4.78, 5) is 7.11. The topological polar surface area (TPSA) is 67.2 Å². The van der Waals surface area contributed by atoms with Crippen molar-refractivity contribution in [3.63, 3.8) is 0 Å². The maximum atomic E-state index is 5.42. The number of nitrogens with zero attached hydrogens (tertiary/aromatic N) is 4. The number of allylic oxidation sites excluding steroid dienone is 1. The predicted octanol–water partition coefficient (Wildman–Crippen LogP) is 1.71. The summed E-state index contributed by atoms with van der Waals surface area (Å²) < 4.78 is 7.42. The number of hydrogen-bond donors (Lipinski definition) is 2. The minimum absolute atomic E-state index is 0.398. The second kappa shape index (κ2) is 8.56. The zero-order chi connectivity index (χ0) is 17.8. The summed E-state index contributed by atoms with van der Waals surface area (Å²) in [7, 11) is 0. The van der Waals surface area contributed by atoms with Gasteiger partial charge in [-0.3, -0.25) is 4.90 Å². The van der Waals surface area contributed by atoms with Crippen molar-refractivity contribution in [2.75, 3.05) is 50.5 Å². The molecule has 1 unspecified atom stereocenters. The third-order valence-corrected chi connectivity index (χ3v) is 6.03. The highest BCUT2D eigenvalue weighted by atomic mass is 32.2.